The van der Waals surface area contributed by atoms with E-state index in [2.05, 4.69) is 11.6 Å². The van der Waals surface area contributed by atoms with Crippen molar-refractivity contribution < 1.29 is 18.8 Å². The highest BCUT2D eigenvalue weighted by Gasteiger charge is 2.42. The van der Waals surface area contributed by atoms with Crippen LogP contribution in [0.25, 0.3) is 16.7 Å². The fourth-order valence-electron chi connectivity index (χ4n) is 3.30. The van der Waals surface area contributed by atoms with Gasteiger partial charge in [-0.25, -0.2) is 9.78 Å². The molecule has 2 aromatic heterocycles. The highest BCUT2D eigenvalue weighted by molar-refractivity contribution is 6.62. The number of nitrogens with zero attached hydrogens (tertiary/aromatic N) is 2. The predicted molar refractivity (Wildman–Crippen MR) is 114 cm³/mol. The predicted octanol–water partition coefficient (Wildman–Crippen LogP) is 2.60. The van der Waals surface area contributed by atoms with Gasteiger partial charge in [0.05, 0.1) is 17.8 Å². The highest BCUT2D eigenvalue weighted by atomic mass is 16.7. The Morgan fingerprint density at radius 2 is 2.10 bits per heavy atom. The van der Waals surface area contributed by atoms with Crippen molar-refractivity contribution in [3.63, 3.8) is 0 Å². The molecule has 3 aromatic rings. The number of esters is 1. The fraction of sp³-hybridized carbons (Fsp3) is 0.227. The molecule has 1 fully saturated rings. The minimum Gasteiger partial charge on any atom is -0.534 e. The molecule has 0 saturated carbocycles. The number of hydrogen-bond acceptors (Lipinski definition) is 6. The van der Waals surface area contributed by atoms with Crippen molar-refractivity contribution in [1.29, 1.82) is 0 Å². The molecule has 0 bridgehead atoms. The summed E-state index contributed by atoms with van der Waals surface area (Å²) in [7, 11) is -0.601. The highest BCUT2D eigenvalue weighted by Crippen LogP contribution is 2.29. The lowest BCUT2D eigenvalue weighted by Gasteiger charge is -2.16. The summed E-state index contributed by atoms with van der Waals surface area (Å²) >= 11 is 0. The van der Waals surface area contributed by atoms with Crippen molar-refractivity contribution >= 4 is 29.6 Å². The quantitative estimate of drug-likeness (QED) is 0.491. The van der Waals surface area contributed by atoms with Crippen LogP contribution >= 0.6 is 0 Å². The first-order chi connectivity index (χ1) is 14.3. The zero-order chi connectivity index (χ0) is 21.5. The summed E-state index contributed by atoms with van der Waals surface area (Å²) in [4.78, 5) is 29.5. The van der Waals surface area contributed by atoms with Crippen LogP contribution in [-0.2, 0) is 14.0 Å². The molecule has 1 saturated heterocycles. The van der Waals surface area contributed by atoms with Gasteiger partial charge in [0.1, 0.15) is 16.8 Å². The Kier molecular flexibility index (Phi) is 4.95. The maximum atomic E-state index is 12.8. The molecular weight excluding hydrogens is 383 g/mol. The maximum absolute atomic E-state index is 12.8. The summed E-state index contributed by atoms with van der Waals surface area (Å²) in [5, 5.41) is 0.330. The Labute approximate surface area is 174 Å². The first-order valence-electron chi connectivity index (χ1n) is 9.63. The molecule has 7 nitrogen and oxygen atoms in total. The van der Waals surface area contributed by atoms with Gasteiger partial charge < -0.3 is 18.6 Å². The second kappa shape index (κ2) is 7.46. The molecule has 4 rings (SSSR count). The number of ether oxygens (including phenoxy) is 1. The zero-order valence-electron chi connectivity index (χ0n) is 17.0. The Morgan fingerprint density at radius 1 is 1.30 bits per heavy atom. The maximum Gasteiger partial charge on any atom is 0.563 e. The van der Waals surface area contributed by atoms with Crippen LogP contribution in [-0.4, -0.2) is 34.8 Å². The van der Waals surface area contributed by atoms with E-state index in [0.29, 0.717) is 22.5 Å². The average Bonchev–Trinajstić information content (AvgIpc) is 3.01. The molecule has 0 atom stereocenters. The van der Waals surface area contributed by atoms with Crippen LogP contribution in [0.4, 0.5) is 0 Å². The van der Waals surface area contributed by atoms with E-state index in [1.807, 2.05) is 38.1 Å². The van der Waals surface area contributed by atoms with E-state index in [-0.39, 0.29) is 12.2 Å². The molecule has 1 aromatic carbocycles. The molecule has 30 heavy (non-hydrogen) atoms. The van der Waals surface area contributed by atoms with Crippen LogP contribution in [0.15, 0.2) is 65.9 Å². The summed E-state index contributed by atoms with van der Waals surface area (Å²) in [6.07, 6.45) is 3.07. The van der Waals surface area contributed by atoms with Crippen molar-refractivity contribution in [2.45, 2.75) is 26.4 Å². The summed E-state index contributed by atoms with van der Waals surface area (Å²) in [6.45, 7) is 9.57. The van der Waals surface area contributed by atoms with Crippen molar-refractivity contribution in [3.05, 3.63) is 76.9 Å². The van der Waals surface area contributed by atoms with Crippen LogP contribution < -0.4 is 10.9 Å². The van der Waals surface area contributed by atoms with E-state index >= 15 is 0 Å². The van der Waals surface area contributed by atoms with Crippen LogP contribution in [0.5, 0.6) is 0 Å². The summed E-state index contributed by atoms with van der Waals surface area (Å²) in [6, 6.07) is 10.8. The van der Waals surface area contributed by atoms with Crippen molar-refractivity contribution in [2.24, 2.45) is 0 Å². The van der Waals surface area contributed by atoms with Gasteiger partial charge in [-0.05, 0) is 50.5 Å². The van der Waals surface area contributed by atoms with Gasteiger partial charge in [-0.3, -0.25) is 4.79 Å². The average molecular weight is 404 g/mol. The number of benzene rings is 1. The Hall–Kier alpha value is -3.39. The minimum absolute atomic E-state index is 0.0503. The fourth-order valence-corrected chi connectivity index (χ4v) is 3.30. The van der Waals surface area contributed by atoms with Crippen LogP contribution in [0.1, 0.15) is 31.1 Å². The van der Waals surface area contributed by atoms with Gasteiger partial charge in [0.25, 0.3) is 0 Å². The number of carbonyl (C=O) groups is 1. The standard InChI is InChI=1S/C22H21BN2O5/c1-5-28-21(27)18-13-25(20-17(19(18)26)10-7-11-24-20)16-9-6-8-15(12-16)23-29-14(2)22(3,4)30-23/h6-13H,2,5H2,1,3-4H3. The normalized spacial score (nSPS) is 15.3. The zero-order valence-corrected chi connectivity index (χ0v) is 17.0. The van der Waals surface area contributed by atoms with E-state index in [9.17, 15) is 9.59 Å². The molecule has 8 heteroatoms. The molecule has 0 amide bonds. The molecule has 1 aliphatic heterocycles. The lowest BCUT2D eigenvalue weighted by Crippen LogP contribution is -2.34. The molecular formula is C22H21BN2O5. The lowest BCUT2D eigenvalue weighted by atomic mass is 9.79. The van der Waals surface area contributed by atoms with E-state index in [4.69, 9.17) is 14.0 Å². The molecule has 152 valence electrons. The van der Waals surface area contributed by atoms with Gasteiger partial charge in [0.15, 0.2) is 0 Å². The topological polar surface area (TPSA) is 79.7 Å². The van der Waals surface area contributed by atoms with Crippen LogP contribution in [0.3, 0.4) is 0 Å². The molecule has 0 spiro atoms. The van der Waals surface area contributed by atoms with Crippen LogP contribution in [0.2, 0.25) is 0 Å². The smallest absolute Gasteiger partial charge is 0.534 e. The summed E-state index contributed by atoms with van der Waals surface area (Å²) in [5.74, 6) is -0.114. The largest absolute Gasteiger partial charge is 0.563 e. The number of fused-ring (bicyclic) bond motifs is 1. The third-order valence-corrected chi connectivity index (χ3v) is 5.00. The molecule has 3 heterocycles. The second-order valence-corrected chi connectivity index (χ2v) is 7.43. The first kappa shape index (κ1) is 19.9. The Balaban J connectivity index is 1.86. The number of carbonyl (C=O) groups excluding carboxylic acids is 1. The van der Waals surface area contributed by atoms with Gasteiger partial charge in [-0.15, -0.1) is 0 Å². The van der Waals surface area contributed by atoms with Gasteiger partial charge in [-0.1, -0.05) is 18.7 Å². The molecule has 0 unspecified atom stereocenters. The molecule has 0 N–H and O–H groups in total. The number of hydrogen-bond donors (Lipinski definition) is 0. The third-order valence-electron chi connectivity index (χ3n) is 5.00. The van der Waals surface area contributed by atoms with Crippen LogP contribution in [0, 0.1) is 0 Å². The SMILES string of the molecule is C=C1OB(c2cccc(-n3cc(C(=O)OCC)c(=O)c4cccnc43)c2)OC1(C)C. The van der Waals surface area contributed by atoms with Gasteiger partial charge >= 0.3 is 13.1 Å². The summed E-state index contributed by atoms with van der Waals surface area (Å²) < 4.78 is 18.5. The monoisotopic (exact) mass is 404 g/mol. The Morgan fingerprint density at radius 3 is 2.80 bits per heavy atom. The Bertz CT molecular complexity index is 1220. The molecule has 0 radical (unpaired) electrons. The second-order valence-electron chi connectivity index (χ2n) is 7.43. The lowest BCUT2D eigenvalue weighted by molar-refractivity contribution is 0.0524. The van der Waals surface area contributed by atoms with E-state index in [1.54, 1.807) is 29.8 Å². The van der Waals surface area contributed by atoms with Crippen molar-refractivity contribution in [3.8, 4) is 5.69 Å². The number of pyridine rings is 2. The van der Waals surface area contributed by atoms with Crippen molar-refractivity contribution in [1.82, 2.24) is 9.55 Å². The summed E-state index contributed by atoms with van der Waals surface area (Å²) in [5.41, 5.74) is 0.855. The van der Waals surface area contributed by atoms with Gasteiger partial charge in [-0.2, -0.15) is 0 Å². The van der Waals surface area contributed by atoms with E-state index < -0.39 is 24.1 Å². The van der Waals surface area contributed by atoms with E-state index in [0.717, 1.165) is 5.46 Å². The first-order valence-corrected chi connectivity index (χ1v) is 9.63. The third kappa shape index (κ3) is 3.39. The number of rotatable bonds is 4. The molecule has 1 aliphatic rings. The van der Waals surface area contributed by atoms with Gasteiger partial charge in [0.2, 0.25) is 5.43 Å². The minimum atomic E-state index is -0.668. The van der Waals surface area contributed by atoms with Crippen molar-refractivity contribution in [2.75, 3.05) is 6.61 Å². The van der Waals surface area contributed by atoms with Gasteiger partial charge in [0, 0.05) is 18.1 Å². The number of aromatic nitrogens is 2. The molecule has 0 aliphatic carbocycles. The van der Waals surface area contributed by atoms with E-state index in [1.165, 1.54) is 6.20 Å².